The van der Waals surface area contributed by atoms with Crippen LogP contribution in [0, 0.1) is 0 Å². The summed E-state index contributed by atoms with van der Waals surface area (Å²) in [6.07, 6.45) is 0. The summed E-state index contributed by atoms with van der Waals surface area (Å²) >= 11 is 7.29. The molecule has 0 aliphatic rings. The molecule has 0 amide bonds. The van der Waals surface area contributed by atoms with E-state index in [9.17, 15) is 0 Å². The van der Waals surface area contributed by atoms with Gasteiger partial charge in [-0.05, 0) is 26.0 Å². The van der Waals surface area contributed by atoms with Crippen LogP contribution in [0.2, 0.25) is 0 Å². The van der Waals surface area contributed by atoms with Gasteiger partial charge < -0.3 is 5.32 Å². The number of hydrogen-bond acceptors (Lipinski definition) is 4. The van der Waals surface area contributed by atoms with Gasteiger partial charge in [0, 0.05) is 6.04 Å². The fourth-order valence-corrected chi connectivity index (χ4v) is 2.39. The molecule has 0 aliphatic carbocycles. The van der Waals surface area contributed by atoms with Crippen molar-refractivity contribution >= 4 is 63.2 Å². The van der Waals surface area contributed by atoms with Crippen molar-refractivity contribution < 1.29 is 0 Å². The molecule has 1 N–H and O–H groups in total. The Kier molecular flexibility index (Phi) is 7.09. The minimum atomic E-state index is 0. The molecule has 0 unspecified atom stereocenters. The Bertz CT molecular complexity index is 473. The summed E-state index contributed by atoms with van der Waals surface area (Å²) in [5.41, 5.74) is 1.82. The Balaban J connectivity index is 0.00000128. The van der Waals surface area contributed by atoms with Gasteiger partial charge in [0.25, 0.3) is 0 Å². The first-order valence-corrected chi connectivity index (χ1v) is 6.13. The number of hydrogen-bond donors (Lipinski definition) is 1. The highest BCUT2D eigenvalue weighted by atomic mass is 35.5. The molecule has 2 rings (SSSR count). The topological polar surface area (TPSA) is 37.8 Å². The second-order valence-electron chi connectivity index (χ2n) is 3.58. The summed E-state index contributed by atoms with van der Waals surface area (Å²) in [4.78, 5) is 9.78. The van der Waals surface area contributed by atoms with Crippen LogP contribution in [0.15, 0.2) is 12.1 Å². The lowest BCUT2D eigenvalue weighted by molar-refractivity contribution is 0.897. The van der Waals surface area contributed by atoms with Gasteiger partial charge in [0.1, 0.15) is 10.3 Å². The predicted octanol–water partition coefficient (Wildman–Crippen LogP) is 4.09. The maximum atomic E-state index is 5.72. The van der Waals surface area contributed by atoms with Crippen molar-refractivity contribution in [1.82, 2.24) is 9.97 Å². The Hall–Kier alpha value is -0.290. The van der Waals surface area contributed by atoms with Crippen molar-refractivity contribution in [3.8, 4) is 0 Å². The van der Waals surface area contributed by atoms with Crippen molar-refractivity contribution in [2.45, 2.75) is 25.8 Å². The lowest BCUT2D eigenvalue weighted by atomic mass is 10.4. The zero-order valence-corrected chi connectivity index (χ0v) is 12.6. The molecule has 0 atom stereocenters. The molecule has 0 saturated carbocycles. The highest BCUT2D eigenvalue weighted by Crippen LogP contribution is 2.25. The van der Waals surface area contributed by atoms with Crippen molar-refractivity contribution in [2.75, 3.05) is 5.32 Å². The lowest BCUT2D eigenvalue weighted by Crippen LogP contribution is -2.08. The highest BCUT2D eigenvalue weighted by molar-refractivity contribution is 7.21. The highest BCUT2D eigenvalue weighted by Gasteiger charge is 2.06. The van der Waals surface area contributed by atoms with Gasteiger partial charge in [0.15, 0.2) is 5.13 Å². The first kappa shape index (κ1) is 16.7. The molecule has 7 heteroatoms. The van der Waals surface area contributed by atoms with Crippen LogP contribution >= 0.6 is 47.8 Å². The Morgan fingerprint density at radius 1 is 1.29 bits per heavy atom. The number of halogens is 3. The maximum absolute atomic E-state index is 5.72. The van der Waals surface area contributed by atoms with E-state index in [2.05, 4.69) is 29.1 Å². The zero-order chi connectivity index (χ0) is 10.8. The maximum Gasteiger partial charge on any atom is 0.185 e. The average Bonchev–Trinajstić information content (AvgIpc) is 2.57. The molecule has 3 nitrogen and oxygen atoms in total. The van der Waals surface area contributed by atoms with Crippen molar-refractivity contribution in [3.05, 3.63) is 17.8 Å². The standard InChI is InChI=1S/C10H12ClN3S.2ClH/c1-6(2)12-10-14-8-4-3-7(5-11)13-9(8)15-10;;/h3-4,6H,5H2,1-2H3,(H,12,14);2*1H. The van der Waals surface area contributed by atoms with Crippen LogP contribution in [-0.4, -0.2) is 16.0 Å². The molecule has 96 valence electrons. The van der Waals surface area contributed by atoms with Crippen molar-refractivity contribution in [2.24, 2.45) is 0 Å². The molecular weight excluding hydrogens is 301 g/mol. The molecule has 0 aliphatic heterocycles. The Morgan fingerprint density at radius 3 is 2.59 bits per heavy atom. The molecule has 0 spiro atoms. The number of anilines is 1. The molecule has 2 aromatic heterocycles. The van der Waals surface area contributed by atoms with E-state index in [1.54, 1.807) is 11.3 Å². The summed E-state index contributed by atoms with van der Waals surface area (Å²) in [7, 11) is 0. The molecule has 0 aromatic carbocycles. The van der Waals surface area contributed by atoms with Gasteiger partial charge in [-0.15, -0.1) is 36.4 Å². The van der Waals surface area contributed by atoms with E-state index in [4.69, 9.17) is 11.6 Å². The zero-order valence-electron chi connectivity index (χ0n) is 9.44. The van der Waals surface area contributed by atoms with E-state index in [0.717, 1.165) is 21.2 Å². The fraction of sp³-hybridized carbons (Fsp3) is 0.400. The summed E-state index contributed by atoms with van der Waals surface area (Å²) in [5.74, 6) is 0.445. The number of thiazole rings is 1. The molecular formula is C10H14Cl3N3S. The van der Waals surface area contributed by atoms with Crippen LogP contribution in [0.3, 0.4) is 0 Å². The largest absolute Gasteiger partial charge is 0.359 e. The fourth-order valence-electron chi connectivity index (χ4n) is 1.24. The molecule has 2 aromatic rings. The van der Waals surface area contributed by atoms with Crippen LogP contribution in [-0.2, 0) is 5.88 Å². The van der Waals surface area contributed by atoms with Gasteiger partial charge in [-0.2, -0.15) is 0 Å². The number of aromatic nitrogens is 2. The first-order chi connectivity index (χ1) is 7.19. The van der Waals surface area contributed by atoms with Crippen LogP contribution in [0.1, 0.15) is 19.5 Å². The molecule has 17 heavy (non-hydrogen) atoms. The third-order valence-corrected chi connectivity index (χ3v) is 3.03. The number of alkyl halides is 1. The van der Waals surface area contributed by atoms with Gasteiger partial charge in [-0.25, -0.2) is 9.97 Å². The van der Waals surface area contributed by atoms with E-state index in [0.29, 0.717) is 11.9 Å². The monoisotopic (exact) mass is 313 g/mol. The second kappa shape index (κ2) is 7.21. The van der Waals surface area contributed by atoms with Gasteiger partial charge in [0.2, 0.25) is 0 Å². The van der Waals surface area contributed by atoms with Crippen LogP contribution in [0.5, 0.6) is 0 Å². The predicted molar refractivity (Wildman–Crippen MR) is 80.2 cm³/mol. The second-order valence-corrected chi connectivity index (χ2v) is 4.82. The van der Waals surface area contributed by atoms with Crippen LogP contribution in [0.4, 0.5) is 5.13 Å². The van der Waals surface area contributed by atoms with Crippen LogP contribution in [0.25, 0.3) is 10.3 Å². The first-order valence-electron chi connectivity index (χ1n) is 4.78. The average molecular weight is 315 g/mol. The molecule has 0 fully saturated rings. The van der Waals surface area contributed by atoms with E-state index < -0.39 is 0 Å². The van der Waals surface area contributed by atoms with E-state index in [1.807, 2.05) is 12.1 Å². The van der Waals surface area contributed by atoms with Gasteiger partial charge in [-0.1, -0.05) is 11.3 Å². The lowest BCUT2D eigenvalue weighted by Gasteiger charge is -2.03. The summed E-state index contributed by atoms with van der Waals surface area (Å²) in [6.45, 7) is 4.17. The SMILES string of the molecule is CC(C)Nc1nc2ccc(CCl)nc2s1.Cl.Cl. The summed E-state index contributed by atoms with van der Waals surface area (Å²) in [5, 5.41) is 4.18. The third kappa shape index (κ3) is 4.14. The molecule has 0 radical (unpaired) electrons. The Labute approximate surface area is 122 Å². The number of pyridine rings is 1. The van der Waals surface area contributed by atoms with E-state index >= 15 is 0 Å². The third-order valence-electron chi connectivity index (χ3n) is 1.86. The van der Waals surface area contributed by atoms with Gasteiger partial charge >= 0.3 is 0 Å². The number of fused-ring (bicyclic) bond motifs is 1. The smallest absolute Gasteiger partial charge is 0.185 e. The minimum absolute atomic E-state index is 0. The van der Waals surface area contributed by atoms with Gasteiger partial charge in [0.05, 0.1) is 11.6 Å². The van der Waals surface area contributed by atoms with Gasteiger partial charge in [-0.3, -0.25) is 0 Å². The number of rotatable bonds is 3. The summed E-state index contributed by atoms with van der Waals surface area (Å²) in [6, 6.07) is 4.26. The van der Waals surface area contributed by atoms with E-state index in [-0.39, 0.29) is 24.8 Å². The van der Waals surface area contributed by atoms with Crippen LogP contribution < -0.4 is 5.32 Å². The normalized spacial score (nSPS) is 9.88. The molecule has 2 heterocycles. The Morgan fingerprint density at radius 2 is 2.00 bits per heavy atom. The molecule has 0 saturated heterocycles. The van der Waals surface area contributed by atoms with Crippen molar-refractivity contribution in [3.63, 3.8) is 0 Å². The number of nitrogens with zero attached hydrogens (tertiary/aromatic N) is 2. The van der Waals surface area contributed by atoms with Crippen molar-refractivity contribution in [1.29, 1.82) is 0 Å². The number of nitrogens with one attached hydrogen (secondary N) is 1. The quantitative estimate of drug-likeness (QED) is 0.867. The van der Waals surface area contributed by atoms with E-state index in [1.165, 1.54) is 0 Å². The minimum Gasteiger partial charge on any atom is -0.359 e. The molecule has 0 bridgehead atoms. The summed E-state index contributed by atoms with van der Waals surface area (Å²) < 4.78 is 0.